The molecule has 31 heavy (non-hydrogen) atoms. The number of hydrogen-bond donors (Lipinski definition) is 0. The first-order valence-corrected chi connectivity index (χ1v) is 9.52. The molecule has 0 aliphatic carbocycles. The van der Waals surface area contributed by atoms with Crippen LogP contribution in [0.1, 0.15) is 16.7 Å². The average molecular weight is 407 g/mol. The van der Waals surface area contributed by atoms with E-state index in [0.29, 0.717) is 23.4 Å². The number of allylic oxidation sites excluding steroid dienone is 1. The van der Waals surface area contributed by atoms with Crippen LogP contribution in [0.15, 0.2) is 85.3 Å². The maximum absolute atomic E-state index is 10.9. The lowest BCUT2D eigenvalue weighted by atomic mass is 10.0. The van der Waals surface area contributed by atoms with E-state index in [1.54, 1.807) is 30.6 Å². The first kappa shape index (κ1) is 19.7. The zero-order valence-electron chi connectivity index (χ0n) is 16.4. The summed E-state index contributed by atoms with van der Waals surface area (Å²) in [5, 5.41) is 25.4. The summed E-state index contributed by atoms with van der Waals surface area (Å²) in [6.45, 7) is 0.585. The molecular formula is C24H17N5O2. The van der Waals surface area contributed by atoms with Gasteiger partial charge in [-0.1, -0.05) is 30.3 Å². The van der Waals surface area contributed by atoms with Crippen LogP contribution in [-0.4, -0.2) is 19.7 Å². The number of nitro benzene ring substituents is 1. The van der Waals surface area contributed by atoms with Gasteiger partial charge < -0.3 is 0 Å². The molecule has 2 aromatic carbocycles. The van der Waals surface area contributed by atoms with E-state index in [0.717, 1.165) is 16.7 Å². The summed E-state index contributed by atoms with van der Waals surface area (Å²) in [6, 6.07) is 21.8. The molecule has 0 amide bonds. The molecule has 0 aliphatic heterocycles. The fourth-order valence-corrected chi connectivity index (χ4v) is 3.22. The first-order chi connectivity index (χ1) is 15.1. The third-order valence-electron chi connectivity index (χ3n) is 4.72. The Morgan fingerprint density at radius 1 is 1.10 bits per heavy atom. The largest absolute Gasteiger partial charge is 0.269 e. The van der Waals surface area contributed by atoms with E-state index >= 15 is 0 Å². The van der Waals surface area contributed by atoms with Gasteiger partial charge in [0, 0.05) is 41.9 Å². The number of pyridine rings is 1. The lowest BCUT2D eigenvalue weighted by Gasteiger charge is -2.01. The van der Waals surface area contributed by atoms with E-state index in [1.165, 1.54) is 12.1 Å². The van der Waals surface area contributed by atoms with Gasteiger partial charge in [0.25, 0.3) is 5.69 Å². The number of nitro groups is 1. The Kier molecular flexibility index (Phi) is 5.63. The Labute approximate surface area is 178 Å². The summed E-state index contributed by atoms with van der Waals surface area (Å²) >= 11 is 0. The third kappa shape index (κ3) is 4.54. The number of non-ortho nitro benzene ring substituents is 1. The van der Waals surface area contributed by atoms with Crippen molar-refractivity contribution in [2.75, 3.05) is 0 Å². The van der Waals surface area contributed by atoms with E-state index in [9.17, 15) is 15.4 Å². The number of hydrogen-bond acceptors (Lipinski definition) is 5. The van der Waals surface area contributed by atoms with Crippen LogP contribution in [0.2, 0.25) is 0 Å². The van der Waals surface area contributed by atoms with Gasteiger partial charge in [0.15, 0.2) is 0 Å². The minimum Gasteiger partial charge on any atom is -0.267 e. The quantitative estimate of drug-likeness (QED) is 0.255. The Morgan fingerprint density at radius 2 is 1.87 bits per heavy atom. The number of aromatic nitrogens is 3. The first-order valence-electron chi connectivity index (χ1n) is 9.52. The monoisotopic (exact) mass is 407 g/mol. The number of benzene rings is 2. The van der Waals surface area contributed by atoms with Crippen molar-refractivity contribution in [3.8, 4) is 17.3 Å². The Morgan fingerprint density at radius 3 is 2.52 bits per heavy atom. The fraction of sp³-hybridized carbons (Fsp3) is 0.0417. The molecule has 4 rings (SSSR count). The number of rotatable bonds is 6. The number of nitriles is 1. The van der Waals surface area contributed by atoms with E-state index < -0.39 is 4.92 Å². The highest BCUT2D eigenvalue weighted by Gasteiger charge is 2.13. The molecule has 0 bridgehead atoms. The summed E-state index contributed by atoms with van der Waals surface area (Å²) in [5.74, 6) is 0. The Hall–Kier alpha value is -4.57. The molecule has 0 radical (unpaired) electrons. The van der Waals surface area contributed by atoms with E-state index in [1.807, 2.05) is 53.3 Å². The molecular weight excluding hydrogens is 390 g/mol. The normalized spacial score (nSPS) is 11.1. The van der Waals surface area contributed by atoms with Gasteiger partial charge in [-0.15, -0.1) is 0 Å². The van der Waals surface area contributed by atoms with Crippen molar-refractivity contribution in [3.63, 3.8) is 0 Å². The topological polar surface area (TPSA) is 97.6 Å². The maximum atomic E-state index is 10.9. The molecule has 2 aromatic heterocycles. The van der Waals surface area contributed by atoms with E-state index in [2.05, 4.69) is 11.1 Å². The van der Waals surface area contributed by atoms with Gasteiger partial charge in [-0.2, -0.15) is 10.4 Å². The predicted octanol–water partition coefficient (Wildman–Crippen LogP) is 4.97. The molecule has 150 valence electrons. The second-order valence-electron chi connectivity index (χ2n) is 6.83. The van der Waals surface area contributed by atoms with Crippen LogP contribution >= 0.6 is 0 Å². The highest BCUT2D eigenvalue weighted by Crippen LogP contribution is 2.27. The molecule has 4 aromatic rings. The van der Waals surface area contributed by atoms with Gasteiger partial charge in [-0.3, -0.25) is 19.8 Å². The van der Waals surface area contributed by atoms with E-state index in [-0.39, 0.29) is 5.69 Å². The van der Waals surface area contributed by atoms with Crippen LogP contribution in [0.25, 0.3) is 22.9 Å². The smallest absolute Gasteiger partial charge is 0.267 e. The van der Waals surface area contributed by atoms with Crippen LogP contribution < -0.4 is 0 Å². The van der Waals surface area contributed by atoms with Crippen molar-refractivity contribution < 1.29 is 4.92 Å². The highest BCUT2D eigenvalue weighted by molar-refractivity contribution is 5.92. The van der Waals surface area contributed by atoms with Gasteiger partial charge in [-0.25, -0.2) is 0 Å². The van der Waals surface area contributed by atoms with Crippen molar-refractivity contribution in [3.05, 3.63) is 112 Å². The van der Waals surface area contributed by atoms with Crippen molar-refractivity contribution >= 4 is 17.3 Å². The molecule has 7 heteroatoms. The molecule has 2 heterocycles. The Balaban J connectivity index is 1.76. The summed E-state index contributed by atoms with van der Waals surface area (Å²) in [6.07, 6.45) is 7.05. The zero-order chi connectivity index (χ0) is 21.6. The van der Waals surface area contributed by atoms with Crippen molar-refractivity contribution in [2.24, 2.45) is 0 Å². The third-order valence-corrected chi connectivity index (χ3v) is 4.72. The standard InChI is InChI=1S/C24H17N5O2/c25-14-21(19-8-10-23(11-9-19)29(30)31)13-22-17-28(16-18-5-2-1-3-6-18)27-24(22)20-7-4-12-26-15-20/h1-13,15,17H,16H2/b21-13-. The van der Waals surface area contributed by atoms with Gasteiger partial charge in [0.05, 0.1) is 23.1 Å². The summed E-state index contributed by atoms with van der Waals surface area (Å²) < 4.78 is 1.83. The van der Waals surface area contributed by atoms with Gasteiger partial charge in [-0.05, 0) is 41.5 Å². The molecule has 7 nitrogen and oxygen atoms in total. The molecule has 0 aliphatic rings. The van der Waals surface area contributed by atoms with Crippen LogP contribution in [0.3, 0.4) is 0 Å². The summed E-state index contributed by atoms with van der Waals surface area (Å²) in [7, 11) is 0. The van der Waals surface area contributed by atoms with Crippen molar-refractivity contribution in [1.29, 1.82) is 5.26 Å². The van der Waals surface area contributed by atoms with Crippen LogP contribution in [0.4, 0.5) is 5.69 Å². The molecule has 0 saturated carbocycles. The second kappa shape index (κ2) is 8.84. The summed E-state index contributed by atoms with van der Waals surface area (Å²) in [5.41, 5.74) is 4.38. The van der Waals surface area contributed by atoms with Gasteiger partial charge >= 0.3 is 0 Å². The van der Waals surface area contributed by atoms with Crippen molar-refractivity contribution in [2.45, 2.75) is 6.54 Å². The molecule has 0 fully saturated rings. The van der Waals surface area contributed by atoms with E-state index in [4.69, 9.17) is 5.10 Å². The highest BCUT2D eigenvalue weighted by atomic mass is 16.6. The summed E-state index contributed by atoms with van der Waals surface area (Å²) in [4.78, 5) is 14.6. The SMILES string of the molecule is N#C/C(=C/c1cn(Cc2ccccc2)nc1-c1cccnc1)c1ccc([N+](=O)[O-])cc1. The van der Waals surface area contributed by atoms with Gasteiger partial charge in [0.2, 0.25) is 0 Å². The average Bonchev–Trinajstić information content (AvgIpc) is 3.21. The molecule has 0 atom stereocenters. The van der Waals surface area contributed by atoms with Crippen LogP contribution in [0, 0.1) is 21.4 Å². The molecule has 0 spiro atoms. The van der Waals surface area contributed by atoms with Crippen molar-refractivity contribution in [1.82, 2.24) is 14.8 Å². The Bertz CT molecular complexity index is 1270. The lowest BCUT2D eigenvalue weighted by Crippen LogP contribution is -2.00. The zero-order valence-corrected chi connectivity index (χ0v) is 16.4. The maximum Gasteiger partial charge on any atom is 0.269 e. The molecule has 0 N–H and O–H groups in total. The van der Waals surface area contributed by atoms with Gasteiger partial charge in [0.1, 0.15) is 5.69 Å². The van der Waals surface area contributed by atoms with Crippen LogP contribution in [-0.2, 0) is 6.54 Å². The number of nitrogens with zero attached hydrogens (tertiary/aromatic N) is 5. The minimum absolute atomic E-state index is 0.0206. The fourth-order valence-electron chi connectivity index (χ4n) is 3.22. The van der Waals surface area contributed by atoms with Crippen LogP contribution in [0.5, 0.6) is 0 Å². The predicted molar refractivity (Wildman–Crippen MR) is 118 cm³/mol. The minimum atomic E-state index is -0.465. The molecule has 0 saturated heterocycles. The molecule has 0 unspecified atom stereocenters. The second-order valence-corrected chi connectivity index (χ2v) is 6.83. The lowest BCUT2D eigenvalue weighted by molar-refractivity contribution is -0.384.